The molecule has 1 fully saturated rings. The van der Waals surface area contributed by atoms with E-state index in [1.807, 2.05) is 0 Å². The van der Waals surface area contributed by atoms with Crippen molar-refractivity contribution in [3.63, 3.8) is 0 Å². The summed E-state index contributed by atoms with van der Waals surface area (Å²) < 4.78 is 0. The number of hydrogen-bond acceptors (Lipinski definition) is 1. The highest BCUT2D eigenvalue weighted by molar-refractivity contribution is 6.17. The Bertz CT molecular complexity index is 95.3. The summed E-state index contributed by atoms with van der Waals surface area (Å²) in [7, 11) is 0. The molecule has 1 aliphatic heterocycles. The van der Waals surface area contributed by atoms with Crippen LogP contribution >= 0.6 is 11.6 Å². The van der Waals surface area contributed by atoms with Gasteiger partial charge in [-0.2, -0.15) is 0 Å². The third-order valence-corrected chi connectivity index (χ3v) is 2.42. The Morgan fingerprint density at radius 2 is 2.30 bits per heavy atom. The molecule has 0 aromatic heterocycles. The van der Waals surface area contributed by atoms with Gasteiger partial charge in [0.2, 0.25) is 0 Å². The predicted molar refractivity (Wildman–Crippen MR) is 45.6 cm³/mol. The van der Waals surface area contributed by atoms with Crippen molar-refractivity contribution in [3.8, 4) is 0 Å². The smallest absolute Gasteiger partial charge is 0.0224 e. The number of alkyl halides is 1. The SMILES string of the molecule is CC1CCC(CCCCl)N1. The van der Waals surface area contributed by atoms with Gasteiger partial charge in [-0.1, -0.05) is 0 Å². The number of hydrogen-bond donors (Lipinski definition) is 1. The Hall–Kier alpha value is 0.250. The summed E-state index contributed by atoms with van der Waals surface area (Å²) in [4.78, 5) is 0. The van der Waals surface area contributed by atoms with E-state index < -0.39 is 0 Å². The average Bonchev–Trinajstić information content (AvgIpc) is 2.31. The van der Waals surface area contributed by atoms with Crippen molar-refractivity contribution in [1.82, 2.24) is 5.32 Å². The van der Waals surface area contributed by atoms with E-state index in [2.05, 4.69) is 12.2 Å². The molecule has 1 heterocycles. The molecule has 0 aromatic carbocycles. The van der Waals surface area contributed by atoms with Crippen LogP contribution in [0.5, 0.6) is 0 Å². The van der Waals surface area contributed by atoms with Crippen molar-refractivity contribution >= 4 is 11.6 Å². The summed E-state index contributed by atoms with van der Waals surface area (Å²) in [6, 6.07) is 1.49. The van der Waals surface area contributed by atoms with Crippen molar-refractivity contribution in [2.45, 2.75) is 44.7 Å². The molecule has 0 amide bonds. The summed E-state index contributed by atoms with van der Waals surface area (Å²) in [5.41, 5.74) is 0. The fraction of sp³-hybridized carbons (Fsp3) is 1.00. The molecule has 2 heteroatoms. The van der Waals surface area contributed by atoms with E-state index in [1.165, 1.54) is 19.3 Å². The van der Waals surface area contributed by atoms with Crippen molar-refractivity contribution in [2.24, 2.45) is 0 Å². The lowest BCUT2D eigenvalue weighted by molar-refractivity contribution is 0.522. The maximum absolute atomic E-state index is 5.59. The molecule has 1 nitrogen and oxygen atoms in total. The third kappa shape index (κ3) is 2.47. The van der Waals surface area contributed by atoms with Gasteiger partial charge in [0.15, 0.2) is 0 Å². The normalized spacial score (nSPS) is 33.0. The first kappa shape index (κ1) is 8.35. The minimum atomic E-state index is 0.736. The highest BCUT2D eigenvalue weighted by Gasteiger charge is 2.18. The van der Waals surface area contributed by atoms with Crippen molar-refractivity contribution in [3.05, 3.63) is 0 Å². The topological polar surface area (TPSA) is 12.0 Å². The fourth-order valence-electron chi connectivity index (χ4n) is 1.57. The molecule has 2 atom stereocenters. The molecule has 0 saturated carbocycles. The van der Waals surface area contributed by atoms with E-state index >= 15 is 0 Å². The monoisotopic (exact) mass is 161 g/mol. The van der Waals surface area contributed by atoms with Crippen LogP contribution in [0.25, 0.3) is 0 Å². The second-order valence-electron chi connectivity index (χ2n) is 3.17. The lowest BCUT2D eigenvalue weighted by Gasteiger charge is -2.09. The zero-order valence-corrected chi connectivity index (χ0v) is 7.32. The van der Waals surface area contributed by atoms with Crippen LogP contribution in [-0.4, -0.2) is 18.0 Å². The highest BCUT2D eigenvalue weighted by Crippen LogP contribution is 2.15. The van der Waals surface area contributed by atoms with Gasteiger partial charge in [0, 0.05) is 18.0 Å². The highest BCUT2D eigenvalue weighted by atomic mass is 35.5. The molecule has 1 N–H and O–H groups in total. The molecule has 1 rings (SSSR count). The first-order chi connectivity index (χ1) is 4.83. The maximum atomic E-state index is 5.59. The molecule has 0 bridgehead atoms. The summed E-state index contributed by atoms with van der Waals surface area (Å²) in [6.07, 6.45) is 5.10. The minimum absolute atomic E-state index is 0.736. The van der Waals surface area contributed by atoms with Gasteiger partial charge in [-0.25, -0.2) is 0 Å². The molecular weight excluding hydrogens is 146 g/mol. The van der Waals surface area contributed by atoms with Gasteiger partial charge in [0.05, 0.1) is 0 Å². The number of halogens is 1. The molecule has 1 saturated heterocycles. The molecule has 0 radical (unpaired) electrons. The number of rotatable bonds is 3. The molecule has 0 aliphatic carbocycles. The van der Waals surface area contributed by atoms with Crippen LogP contribution in [0.1, 0.15) is 32.6 Å². The Morgan fingerprint density at radius 1 is 1.50 bits per heavy atom. The van der Waals surface area contributed by atoms with Gasteiger partial charge in [-0.05, 0) is 32.6 Å². The van der Waals surface area contributed by atoms with Crippen LogP contribution in [0.3, 0.4) is 0 Å². The Labute approximate surface area is 68.1 Å². The number of nitrogens with one attached hydrogen (secondary N) is 1. The van der Waals surface area contributed by atoms with E-state index in [1.54, 1.807) is 0 Å². The van der Waals surface area contributed by atoms with E-state index in [0.29, 0.717) is 0 Å². The van der Waals surface area contributed by atoms with E-state index in [0.717, 1.165) is 24.4 Å². The van der Waals surface area contributed by atoms with Gasteiger partial charge in [-0.15, -0.1) is 11.6 Å². The maximum Gasteiger partial charge on any atom is 0.0224 e. The van der Waals surface area contributed by atoms with Crippen LogP contribution in [-0.2, 0) is 0 Å². The summed E-state index contributed by atoms with van der Waals surface area (Å²) in [5, 5.41) is 3.53. The van der Waals surface area contributed by atoms with Gasteiger partial charge in [-0.3, -0.25) is 0 Å². The van der Waals surface area contributed by atoms with Crippen LogP contribution < -0.4 is 5.32 Å². The minimum Gasteiger partial charge on any atom is -0.312 e. The average molecular weight is 162 g/mol. The van der Waals surface area contributed by atoms with Crippen molar-refractivity contribution in [1.29, 1.82) is 0 Å². The Balaban J connectivity index is 2.06. The van der Waals surface area contributed by atoms with Crippen LogP contribution in [0.15, 0.2) is 0 Å². The molecule has 0 aromatic rings. The lowest BCUT2D eigenvalue weighted by atomic mass is 10.1. The first-order valence-corrected chi connectivity index (χ1v) is 4.68. The second kappa shape index (κ2) is 4.20. The van der Waals surface area contributed by atoms with E-state index in [9.17, 15) is 0 Å². The zero-order valence-electron chi connectivity index (χ0n) is 6.57. The van der Waals surface area contributed by atoms with Gasteiger partial charge < -0.3 is 5.32 Å². The zero-order chi connectivity index (χ0) is 7.40. The molecule has 2 unspecified atom stereocenters. The Kier molecular flexibility index (Phi) is 3.50. The molecular formula is C8H16ClN. The third-order valence-electron chi connectivity index (χ3n) is 2.15. The molecule has 10 heavy (non-hydrogen) atoms. The van der Waals surface area contributed by atoms with Crippen LogP contribution in [0.2, 0.25) is 0 Å². The molecule has 60 valence electrons. The van der Waals surface area contributed by atoms with Crippen molar-refractivity contribution < 1.29 is 0 Å². The second-order valence-corrected chi connectivity index (χ2v) is 3.55. The lowest BCUT2D eigenvalue weighted by Crippen LogP contribution is -2.26. The predicted octanol–water partition coefficient (Wildman–Crippen LogP) is 2.15. The summed E-state index contributed by atoms with van der Waals surface area (Å²) >= 11 is 5.59. The molecule has 1 aliphatic rings. The van der Waals surface area contributed by atoms with E-state index in [4.69, 9.17) is 11.6 Å². The van der Waals surface area contributed by atoms with Gasteiger partial charge in [0.25, 0.3) is 0 Å². The standard InChI is InChI=1S/C8H16ClN/c1-7-4-5-8(10-7)3-2-6-9/h7-8,10H,2-6H2,1H3. The van der Waals surface area contributed by atoms with E-state index in [-0.39, 0.29) is 0 Å². The summed E-state index contributed by atoms with van der Waals surface area (Å²) in [5.74, 6) is 0.812. The first-order valence-electron chi connectivity index (χ1n) is 4.15. The quantitative estimate of drug-likeness (QED) is 0.626. The van der Waals surface area contributed by atoms with Gasteiger partial charge >= 0.3 is 0 Å². The fourth-order valence-corrected chi connectivity index (χ4v) is 1.73. The van der Waals surface area contributed by atoms with Gasteiger partial charge in [0.1, 0.15) is 0 Å². The summed E-state index contributed by atoms with van der Waals surface area (Å²) in [6.45, 7) is 2.25. The largest absolute Gasteiger partial charge is 0.312 e. The van der Waals surface area contributed by atoms with Crippen LogP contribution in [0, 0.1) is 0 Å². The van der Waals surface area contributed by atoms with Crippen molar-refractivity contribution in [2.75, 3.05) is 5.88 Å². The van der Waals surface area contributed by atoms with Crippen LogP contribution in [0.4, 0.5) is 0 Å². The molecule has 0 spiro atoms. The Morgan fingerprint density at radius 3 is 2.80 bits per heavy atom.